The van der Waals surface area contributed by atoms with Crippen molar-refractivity contribution in [3.8, 4) is 0 Å². The fraction of sp³-hybridized carbons (Fsp3) is 0.463. The second-order valence-electron chi connectivity index (χ2n) is 27.1. The quantitative estimate of drug-likeness (QED) is 0.0390. The number of aliphatic hydroxyl groups excluding tert-OH is 1. The lowest BCUT2D eigenvalue weighted by Gasteiger charge is -2.27. The van der Waals surface area contributed by atoms with Crippen LogP contribution in [0.4, 0.5) is 22.7 Å². The average Bonchev–Trinajstić information content (AvgIpc) is 1.76. The minimum absolute atomic E-state index is 0. The summed E-state index contributed by atoms with van der Waals surface area (Å²) in [5.41, 5.74) is 25.0. The van der Waals surface area contributed by atoms with Crippen LogP contribution in [-0.4, -0.2) is 71.0 Å². The molecule has 2 aliphatic carbocycles. The van der Waals surface area contributed by atoms with Crippen molar-refractivity contribution in [2.75, 3.05) is 49.2 Å². The van der Waals surface area contributed by atoms with Gasteiger partial charge in [-0.2, -0.15) is 9.15 Å². The Kier molecular flexibility index (Phi) is 25.0. The van der Waals surface area contributed by atoms with Gasteiger partial charge in [-0.05, 0) is 174 Å². The van der Waals surface area contributed by atoms with Gasteiger partial charge in [-0.1, -0.05) is 152 Å². The van der Waals surface area contributed by atoms with Gasteiger partial charge < -0.3 is 67.6 Å². The van der Waals surface area contributed by atoms with Crippen LogP contribution in [0.1, 0.15) is 202 Å². The third-order valence-electron chi connectivity index (χ3n) is 19.6. The smallest absolute Gasteiger partial charge is 0.302 e. The van der Waals surface area contributed by atoms with Crippen molar-refractivity contribution in [2.45, 2.75) is 202 Å². The minimum atomic E-state index is -0.206. The molecule has 0 atom stereocenters. The molecule has 4 aliphatic heterocycles. The first-order valence-corrected chi connectivity index (χ1v) is 33.5. The van der Waals surface area contributed by atoms with Gasteiger partial charge in [0.25, 0.3) is 0 Å². The van der Waals surface area contributed by atoms with E-state index in [2.05, 4.69) is 248 Å². The molecule has 6 aliphatic rings. The maximum atomic E-state index is 11.5. The first-order valence-electron chi connectivity index (χ1n) is 33.5. The fourth-order valence-corrected chi connectivity index (χ4v) is 15.2. The molecular formula is C80H104I2N4O3. The van der Waals surface area contributed by atoms with E-state index in [-0.39, 0.29) is 82.2 Å². The van der Waals surface area contributed by atoms with Gasteiger partial charge in [0.2, 0.25) is 11.4 Å². The number of anilines is 2. The SMILES string of the molecule is CCCN1/C(=C/C=C2\CCCC(/C=C/C3=[N+](CCC)c4ccccc4C3(C)C)=C2CCCO)C(C)(C)c2ccccc21.CCCN1/C(=C/C=C2\CCCC(/C=C/C3=[N+](CCC)c4ccccc4C3(C)C)=C2CCCOC(C)=O)C(C)(C)c2ccccc21.[I-].[I-]. The van der Waals surface area contributed by atoms with Gasteiger partial charge in [0.15, 0.2) is 11.4 Å². The molecule has 0 saturated carbocycles. The summed E-state index contributed by atoms with van der Waals surface area (Å²) in [5.74, 6) is -0.206. The monoisotopic (exact) mass is 1420 g/mol. The molecule has 0 radical (unpaired) electrons. The number of halogens is 2. The highest BCUT2D eigenvalue weighted by atomic mass is 127. The van der Waals surface area contributed by atoms with Crippen molar-refractivity contribution in [1.82, 2.24) is 0 Å². The van der Waals surface area contributed by atoms with E-state index < -0.39 is 0 Å². The van der Waals surface area contributed by atoms with Crippen LogP contribution in [0, 0.1) is 0 Å². The standard InChI is InChI=1S/C41H53N2O2.C39H51N2O.2HI/c1-8-27-42-36-21-12-10-19-34(36)40(4,5)38(42)25-23-31-16-14-17-32(33(31)18-15-29-45-30(3)44)24-26-39-41(6,7)35-20-11-13-22-37(35)43(39)28-9-2;1-7-26-40-34-20-11-9-18-32(34)38(3,4)36(40)24-22-29-15-13-16-30(31(29)17-14-28-42)23-25-37-39(5,6)33-19-10-12-21-35(33)41(37)27-8-2;;/h10-13,19-26H,8-9,14-18,27-29H2,1-7H3;9-12,18-25,42H,7-8,13-17,26-28H2,1-6H3;2*1H/q2*+1;;/p-2. The molecule has 1 N–H and O–H groups in total. The summed E-state index contributed by atoms with van der Waals surface area (Å²) >= 11 is 0. The predicted molar refractivity (Wildman–Crippen MR) is 368 cm³/mol. The number of fused-ring (bicyclic) bond motifs is 4. The maximum absolute atomic E-state index is 11.5. The van der Waals surface area contributed by atoms with Crippen molar-refractivity contribution < 1.29 is 71.7 Å². The number of hydrogen-bond acceptors (Lipinski definition) is 5. The molecule has 7 nitrogen and oxygen atoms in total. The van der Waals surface area contributed by atoms with E-state index in [1.807, 2.05) is 0 Å². The molecular weight excluding hydrogens is 1320 g/mol. The van der Waals surface area contributed by atoms with Gasteiger partial charge in [-0.25, -0.2) is 0 Å². The van der Waals surface area contributed by atoms with Gasteiger partial charge in [0.1, 0.15) is 13.1 Å². The Morgan fingerprint density at radius 3 is 1.29 bits per heavy atom. The van der Waals surface area contributed by atoms with Crippen LogP contribution in [0.15, 0.2) is 191 Å². The Labute approximate surface area is 571 Å². The number of benzene rings is 4. The van der Waals surface area contributed by atoms with Crippen LogP contribution in [0.2, 0.25) is 0 Å². The Balaban J connectivity index is 0.000000248. The van der Waals surface area contributed by atoms with E-state index >= 15 is 0 Å². The van der Waals surface area contributed by atoms with E-state index in [1.54, 1.807) is 0 Å². The molecule has 0 spiro atoms. The van der Waals surface area contributed by atoms with E-state index in [0.29, 0.717) is 6.61 Å². The molecule has 89 heavy (non-hydrogen) atoms. The van der Waals surface area contributed by atoms with Crippen molar-refractivity contribution >= 4 is 40.1 Å². The number of ether oxygens (including phenoxy) is 1. The molecule has 4 aromatic rings. The molecule has 0 bridgehead atoms. The molecule has 9 heteroatoms. The highest BCUT2D eigenvalue weighted by Crippen LogP contribution is 2.50. The van der Waals surface area contributed by atoms with Gasteiger partial charge in [-0.15, -0.1) is 0 Å². The second-order valence-corrected chi connectivity index (χ2v) is 27.1. The van der Waals surface area contributed by atoms with Crippen LogP contribution >= 0.6 is 0 Å². The number of nitrogens with zero attached hydrogens (tertiary/aromatic N) is 4. The lowest BCUT2D eigenvalue weighted by atomic mass is 9.80. The molecule has 0 aromatic heterocycles. The number of rotatable bonds is 21. The van der Waals surface area contributed by atoms with E-state index in [4.69, 9.17) is 4.74 Å². The van der Waals surface area contributed by atoms with Crippen molar-refractivity contribution in [2.24, 2.45) is 0 Å². The molecule has 0 unspecified atom stereocenters. The second kappa shape index (κ2) is 31.3. The number of carbonyl (C=O) groups is 1. The average molecular weight is 1420 g/mol. The summed E-state index contributed by atoms with van der Waals surface area (Å²) in [6, 6.07) is 35.6. The van der Waals surface area contributed by atoms with Crippen LogP contribution < -0.4 is 57.8 Å². The fourth-order valence-electron chi connectivity index (χ4n) is 15.2. The largest absolute Gasteiger partial charge is 1.00 e. The highest BCUT2D eigenvalue weighted by molar-refractivity contribution is 6.04. The normalized spacial score (nSPS) is 20.4. The zero-order valence-electron chi connectivity index (χ0n) is 56.3. The van der Waals surface area contributed by atoms with Crippen molar-refractivity contribution in [3.63, 3.8) is 0 Å². The summed E-state index contributed by atoms with van der Waals surface area (Å²) < 4.78 is 10.4. The van der Waals surface area contributed by atoms with E-state index in [0.717, 1.165) is 116 Å². The summed E-state index contributed by atoms with van der Waals surface area (Å²) in [7, 11) is 0. The molecule has 0 saturated heterocycles. The zero-order valence-corrected chi connectivity index (χ0v) is 60.6. The number of para-hydroxylation sites is 4. The number of carbonyl (C=O) groups excluding carboxylic acids is 1. The van der Waals surface area contributed by atoms with Crippen LogP contribution in [0.25, 0.3) is 0 Å². The van der Waals surface area contributed by atoms with E-state index in [9.17, 15) is 9.90 Å². The topological polar surface area (TPSA) is 59.0 Å². The maximum Gasteiger partial charge on any atom is 0.302 e. The Bertz CT molecular complexity index is 3520. The van der Waals surface area contributed by atoms with Gasteiger partial charge >= 0.3 is 5.97 Å². The zero-order chi connectivity index (χ0) is 62.1. The first kappa shape index (κ1) is 71.1. The summed E-state index contributed by atoms with van der Waals surface area (Å²) in [6.07, 6.45) is 33.8. The van der Waals surface area contributed by atoms with Crippen molar-refractivity contribution in [3.05, 3.63) is 213 Å². The molecule has 10 rings (SSSR count). The number of allylic oxidation sites excluding steroid dienone is 16. The number of aliphatic hydroxyl groups is 1. The van der Waals surface area contributed by atoms with Crippen LogP contribution in [-0.2, 0) is 31.2 Å². The van der Waals surface area contributed by atoms with Crippen LogP contribution in [0.5, 0.6) is 0 Å². The third-order valence-corrected chi connectivity index (χ3v) is 19.6. The highest BCUT2D eigenvalue weighted by Gasteiger charge is 2.46. The number of hydrogen-bond donors (Lipinski definition) is 1. The van der Waals surface area contributed by atoms with Gasteiger partial charge in [0, 0.05) is 108 Å². The minimum Gasteiger partial charge on any atom is -1.00 e. The van der Waals surface area contributed by atoms with Gasteiger partial charge in [-0.3, -0.25) is 4.79 Å². The molecule has 4 aromatic carbocycles. The lowest BCUT2D eigenvalue weighted by molar-refractivity contribution is -0.437. The predicted octanol–water partition coefficient (Wildman–Crippen LogP) is 13.2. The first-order chi connectivity index (χ1) is 41.9. The Hall–Kier alpha value is -5.37. The summed E-state index contributed by atoms with van der Waals surface area (Å²) in [6.45, 7) is 34.2. The Morgan fingerprint density at radius 2 is 0.899 bits per heavy atom. The van der Waals surface area contributed by atoms with Crippen molar-refractivity contribution in [1.29, 1.82) is 0 Å². The molecule has 4 heterocycles. The lowest BCUT2D eigenvalue weighted by Crippen LogP contribution is -3.00. The van der Waals surface area contributed by atoms with E-state index in [1.165, 1.54) is 108 Å². The third kappa shape index (κ3) is 14.9. The number of esters is 1. The Morgan fingerprint density at radius 1 is 0.506 bits per heavy atom. The molecule has 0 amide bonds. The van der Waals surface area contributed by atoms with Crippen LogP contribution in [0.3, 0.4) is 0 Å². The van der Waals surface area contributed by atoms with Gasteiger partial charge in [0.05, 0.1) is 17.4 Å². The summed E-state index contributed by atoms with van der Waals surface area (Å²) in [5, 5.41) is 9.81. The summed E-state index contributed by atoms with van der Waals surface area (Å²) in [4.78, 5) is 16.6. The molecule has 476 valence electrons. The molecule has 0 fully saturated rings.